The van der Waals surface area contributed by atoms with Gasteiger partial charge in [-0.2, -0.15) is 0 Å². The number of hydrogen-bond acceptors (Lipinski definition) is 7. The molecule has 1 fully saturated rings. The Bertz CT molecular complexity index is 693. The predicted molar refractivity (Wildman–Crippen MR) is 89.1 cm³/mol. The number of carbonyl (C=O) groups excluding carboxylic acids is 4. The lowest BCUT2D eigenvalue weighted by Gasteiger charge is -2.26. The van der Waals surface area contributed by atoms with E-state index in [2.05, 4.69) is 4.74 Å². The molecule has 0 radical (unpaired) electrons. The molecular formula is C18H21NO7. The number of nitrogens with zero attached hydrogens (tertiary/aromatic N) is 1. The number of ether oxygens (including phenoxy) is 3. The minimum absolute atomic E-state index is 0.0632. The van der Waals surface area contributed by atoms with Gasteiger partial charge >= 0.3 is 18.2 Å². The smallest absolute Gasteiger partial charge is 0.444 e. The Balaban J connectivity index is 1.92. The van der Waals surface area contributed by atoms with Crippen molar-refractivity contribution in [2.24, 2.45) is 0 Å². The molecule has 1 aliphatic heterocycles. The number of rotatable bonds is 3. The zero-order chi connectivity index (χ0) is 19.3. The summed E-state index contributed by atoms with van der Waals surface area (Å²) in [6, 6.07) is 7.65. The molecule has 0 saturated carbocycles. The van der Waals surface area contributed by atoms with Gasteiger partial charge in [0.25, 0.3) is 0 Å². The Kier molecular flexibility index (Phi) is 5.97. The van der Waals surface area contributed by atoms with Crippen LogP contribution in [0, 0.1) is 0 Å². The number of benzene rings is 1. The van der Waals surface area contributed by atoms with Gasteiger partial charge in [-0.3, -0.25) is 9.69 Å². The monoisotopic (exact) mass is 363 g/mol. The second kappa shape index (κ2) is 7.99. The van der Waals surface area contributed by atoms with E-state index in [1.807, 2.05) is 6.07 Å². The quantitative estimate of drug-likeness (QED) is 0.601. The molecular weight excluding hydrogens is 342 g/mol. The van der Waals surface area contributed by atoms with Gasteiger partial charge in [0.05, 0.1) is 6.54 Å². The highest BCUT2D eigenvalue weighted by atomic mass is 16.7. The number of ketones is 1. The second-order valence-corrected chi connectivity index (χ2v) is 6.81. The van der Waals surface area contributed by atoms with Crippen molar-refractivity contribution in [2.45, 2.75) is 45.4 Å². The van der Waals surface area contributed by atoms with Crippen molar-refractivity contribution in [2.75, 3.05) is 6.54 Å². The van der Waals surface area contributed by atoms with Crippen molar-refractivity contribution in [1.29, 1.82) is 0 Å². The predicted octanol–water partition coefficient (Wildman–Crippen LogP) is 2.44. The molecule has 0 N–H and O–H groups in total. The molecule has 0 aromatic heterocycles. The molecule has 0 aliphatic carbocycles. The van der Waals surface area contributed by atoms with Gasteiger partial charge in [-0.1, -0.05) is 30.3 Å². The number of hydrogen-bond donors (Lipinski definition) is 0. The maximum atomic E-state index is 12.2. The van der Waals surface area contributed by atoms with E-state index in [1.165, 1.54) is 0 Å². The summed E-state index contributed by atoms with van der Waals surface area (Å²) in [5.41, 5.74) is -0.0606. The molecule has 1 aromatic rings. The van der Waals surface area contributed by atoms with Crippen LogP contribution >= 0.6 is 0 Å². The van der Waals surface area contributed by atoms with Crippen molar-refractivity contribution in [1.82, 2.24) is 4.90 Å². The van der Waals surface area contributed by atoms with Crippen LogP contribution in [-0.2, 0) is 30.4 Å². The summed E-state index contributed by atoms with van der Waals surface area (Å²) in [6.07, 6.45) is -2.24. The van der Waals surface area contributed by atoms with Crippen molar-refractivity contribution >= 4 is 24.0 Å². The van der Waals surface area contributed by atoms with E-state index in [4.69, 9.17) is 9.47 Å². The van der Waals surface area contributed by atoms with Crippen LogP contribution in [0.5, 0.6) is 0 Å². The lowest BCUT2D eigenvalue weighted by atomic mass is 10.2. The first-order valence-corrected chi connectivity index (χ1v) is 8.09. The van der Waals surface area contributed by atoms with Gasteiger partial charge in [0.15, 0.2) is 5.78 Å². The molecule has 1 saturated heterocycles. The van der Waals surface area contributed by atoms with E-state index in [1.54, 1.807) is 45.0 Å². The molecule has 8 heteroatoms. The molecule has 2 rings (SSSR count). The topological polar surface area (TPSA) is 99.2 Å². The third kappa shape index (κ3) is 5.58. The van der Waals surface area contributed by atoms with Gasteiger partial charge in [-0.15, -0.1) is 0 Å². The van der Waals surface area contributed by atoms with E-state index >= 15 is 0 Å². The first kappa shape index (κ1) is 19.4. The van der Waals surface area contributed by atoms with Crippen molar-refractivity contribution in [3.05, 3.63) is 35.9 Å². The second-order valence-electron chi connectivity index (χ2n) is 6.81. The van der Waals surface area contributed by atoms with Crippen LogP contribution < -0.4 is 0 Å². The van der Waals surface area contributed by atoms with Crippen molar-refractivity contribution in [3.63, 3.8) is 0 Å². The van der Waals surface area contributed by atoms with Crippen LogP contribution in [0.4, 0.5) is 9.59 Å². The van der Waals surface area contributed by atoms with E-state index < -0.39 is 29.9 Å². The number of amides is 1. The van der Waals surface area contributed by atoms with E-state index in [0.29, 0.717) is 0 Å². The molecule has 0 unspecified atom stereocenters. The molecule has 1 atom stereocenters. The van der Waals surface area contributed by atoms with Gasteiger partial charge in [-0.25, -0.2) is 14.4 Å². The van der Waals surface area contributed by atoms with Gasteiger partial charge in [-0.05, 0) is 26.3 Å². The Morgan fingerprint density at radius 1 is 1.15 bits per heavy atom. The summed E-state index contributed by atoms with van der Waals surface area (Å²) in [5.74, 6) is -1.35. The van der Waals surface area contributed by atoms with Crippen LogP contribution in [0.15, 0.2) is 30.3 Å². The largest absolute Gasteiger partial charge is 0.516 e. The fraction of sp³-hybridized carbons (Fsp3) is 0.444. The number of likely N-dealkylation sites (tertiary alicyclic amines) is 1. The van der Waals surface area contributed by atoms with Gasteiger partial charge in [0, 0.05) is 6.42 Å². The lowest BCUT2D eigenvalue weighted by Crippen LogP contribution is -2.44. The lowest BCUT2D eigenvalue weighted by molar-refractivity contribution is -0.145. The van der Waals surface area contributed by atoms with Crippen molar-refractivity contribution < 1.29 is 33.4 Å². The molecule has 1 heterocycles. The molecule has 0 spiro atoms. The average molecular weight is 363 g/mol. The highest BCUT2D eigenvalue weighted by Gasteiger charge is 2.42. The summed E-state index contributed by atoms with van der Waals surface area (Å²) in [6.45, 7) is 4.66. The highest BCUT2D eigenvalue weighted by Crippen LogP contribution is 2.20. The number of esters is 1. The minimum atomic E-state index is -1.21. The fourth-order valence-electron chi connectivity index (χ4n) is 2.31. The Morgan fingerprint density at radius 3 is 2.42 bits per heavy atom. The fourth-order valence-corrected chi connectivity index (χ4v) is 2.31. The third-order valence-electron chi connectivity index (χ3n) is 3.43. The Labute approximate surface area is 151 Å². The first-order valence-electron chi connectivity index (χ1n) is 8.09. The maximum Gasteiger partial charge on any atom is 0.516 e. The number of Topliss-reactive ketones (excluding diaryl/α,β-unsaturated/α-hetero) is 1. The average Bonchev–Trinajstić information content (AvgIpc) is 2.94. The first-order chi connectivity index (χ1) is 12.2. The molecule has 26 heavy (non-hydrogen) atoms. The van der Waals surface area contributed by atoms with Gasteiger partial charge < -0.3 is 14.2 Å². The normalized spacial score (nSPS) is 17.0. The Morgan fingerprint density at radius 2 is 1.81 bits per heavy atom. The van der Waals surface area contributed by atoms with E-state index in [9.17, 15) is 19.2 Å². The van der Waals surface area contributed by atoms with Crippen molar-refractivity contribution in [3.8, 4) is 0 Å². The maximum absolute atomic E-state index is 12.2. The number of carbonyl (C=O) groups is 4. The molecule has 1 amide bonds. The summed E-state index contributed by atoms with van der Waals surface area (Å²) in [5, 5.41) is 0. The Hall–Kier alpha value is -2.90. The van der Waals surface area contributed by atoms with Gasteiger partial charge in [0.1, 0.15) is 18.2 Å². The third-order valence-corrected chi connectivity index (χ3v) is 3.43. The zero-order valence-electron chi connectivity index (χ0n) is 14.9. The zero-order valence-corrected chi connectivity index (χ0v) is 14.9. The summed E-state index contributed by atoms with van der Waals surface area (Å²) in [4.78, 5) is 48.6. The van der Waals surface area contributed by atoms with Gasteiger partial charge in [0.2, 0.25) is 0 Å². The molecule has 8 nitrogen and oxygen atoms in total. The highest BCUT2D eigenvalue weighted by molar-refractivity contribution is 5.97. The molecule has 0 bridgehead atoms. The molecule has 140 valence electrons. The van der Waals surface area contributed by atoms with E-state index in [-0.39, 0.29) is 25.4 Å². The summed E-state index contributed by atoms with van der Waals surface area (Å²) < 4.78 is 14.6. The van der Waals surface area contributed by atoms with Crippen LogP contribution in [0.1, 0.15) is 32.8 Å². The molecule has 1 aliphatic rings. The van der Waals surface area contributed by atoms with Crippen LogP contribution in [0.3, 0.4) is 0 Å². The summed E-state index contributed by atoms with van der Waals surface area (Å²) >= 11 is 0. The SMILES string of the molecule is CC(C)(C)OC(=O)N1CC(=O)C[C@H]1C(=O)OC(=O)OCc1ccccc1. The van der Waals surface area contributed by atoms with Crippen LogP contribution in [0.2, 0.25) is 0 Å². The van der Waals surface area contributed by atoms with Crippen LogP contribution in [0.25, 0.3) is 0 Å². The van der Waals surface area contributed by atoms with Crippen LogP contribution in [-0.4, -0.2) is 47.1 Å². The standard InChI is InChI=1S/C18H21NO7/c1-18(2,3)26-16(22)19-10-13(20)9-14(19)15(21)25-17(23)24-11-12-7-5-4-6-8-12/h4-8,14H,9-11H2,1-3H3/t14-/m0/s1. The van der Waals surface area contributed by atoms with E-state index in [0.717, 1.165) is 10.5 Å². The minimum Gasteiger partial charge on any atom is -0.444 e. The molecule has 1 aromatic carbocycles. The summed E-state index contributed by atoms with van der Waals surface area (Å²) in [7, 11) is 0.